The fraction of sp³-hybridized carbons (Fsp3) is 0.308. The first-order valence-corrected chi connectivity index (χ1v) is 5.53. The van der Waals surface area contributed by atoms with Gasteiger partial charge in [0.25, 0.3) is 5.78 Å². The SMILES string of the molecule is CC(C)n1cc(C(=O)C(F)(F)F)c2ccccc21. The molecule has 0 radical (unpaired) electrons. The Morgan fingerprint density at radius 1 is 1.22 bits per heavy atom. The van der Waals surface area contributed by atoms with Crippen molar-refractivity contribution in [2.75, 3.05) is 0 Å². The molecule has 96 valence electrons. The van der Waals surface area contributed by atoms with Crippen molar-refractivity contribution in [3.05, 3.63) is 36.0 Å². The van der Waals surface area contributed by atoms with Crippen molar-refractivity contribution in [1.29, 1.82) is 0 Å². The highest BCUT2D eigenvalue weighted by Gasteiger charge is 2.40. The lowest BCUT2D eigenvalue weighted by Gasteiger charge is -2.08. The van der Waals surface area contributed by atoms with Crippen LogP contribution in [0.15, 0.2) is 30.5 Å². The molecule has 0 aliphatic rings. The van der Waals surface area contributed by atoms with Crippen LogP contribution in [0.3, 0.4) is 0 Å². The van der Waals surface area contributed by atoms with Gasteiger partial charge < -0.3 is 4.57 Å². The molecule has 0 fully saturated rings. The van der Waals surface area contributed by atoms with Gasteiger partial charge in [0.2, 0.25) is 0 Å². The van der Waals surface area contributed by atoms with Crippen molar-refractivity contribution in [2.24, 2.45) is 0 Å². The summed E-state index contributed by atoms with van der Waals surface area (Å²) in [5.74, 6) is -1.79. The van der Waals surface area contributed by atoms with Gasteiger partial charge in [0.15, 0.2) is 0 Å². The summed E-state index contributed by atoms with van der Waals surface area (Å²) in [6.45, 7) is 3.71. The van der Waals surface area contributed by atoms with Crippen LogP contribution >= 0.6 is 0 Å². The van der Waals surface area contributed by atoms with E-state index in [1.807, 2.05) is 13.8 Å². The second kappa shape index (κ2) is 4.15. The van der Waals surface area contributed by atoms with Crippen LogP contribution in [0.25, 0.3) is 10.9 Å². The van der Waals surface area contributed by atoms with Gasteiger partial charge in [-0.1, -0.05) is 18.2 Å². The van der Waals surface area contributed by atoms with Gasteiger partial charge in [0, 0.05) is 23.1 Å². The minimum Gasteiger partial charge on any atom is -0.344 e. The summed E-state index contributed by atoms with van der Waals surface area (Å²) in [4.78, 5) is 11.4. The molecule has 2 nitrogen and oxygen atoms in total. The molecule has 0 aliphatic carbocycles. The number of rotatable bonds is 2. The third-order valence-corrected chi connectivity index (χ3v) is 2.80. The molecule has 1 heterocycles. The van der Waals surface area contributed by atoms with Gasteiger partial charge in [-0.25, -0.2) is 0 Å². The predicted molar refractivity (Wildman–Crippen MR) is 62.7 cm³/mol. The van der Waals surface area contributed by atoms with E-state index < -0.39 is 12.0 Å². The molecule has 0 bridgehead atoms. The van der Waals surface area contributed by atoms with Gasteiger partial charge in [-0.3, -0.25) is 4.79 Å². The third kappa shape index (κ3) is 2.00. The molecule has 0 saturated heterocycles. The summed E-state index contributed by atoms with van der Waals surface area (Å²) in [7, 11) is 0. The van der Waals surface area contributed by atoms with Crippen LogP contribution in [0.5, 0.6) is 0 Å². The number of para-hydroxylation sites is 1. The van der Waals surface area contributed by atoms with Gasteiger partial charge in [-0.2, -0.15) is 13.2 Å². The number of alkyl halides is 3. The maximum absolute atomic E-state index is 12.5. The molecule has 1 aromatic carbocycles. The minimum atomic E-state index is -4.84. The number of hydrogen-bond donors (Lipinski definition) is 0. The fourth-order valence-corrected chi connectivity index (χ4v) is 1.97. The van der Waals surface area contributed by atoms with E-state index in [0.717, 1.165) is 0 Å². The van der Waals surface area contributed by atoms with E-state index in [2.05, 4.69) is 0 Å². The van der Waals surface area contributed by atoms with Crippen molar-refractivity contribution >= 4 is 16.7 Å². The van der Waals surface area contributed by atoms with E-state index in [0.29, 0.717) is 10.9 Å². The summed E-state index contributed by atoms with van der Waals surface area (Å²) in [5, 5.41) is 0.341. The number of halogens is 3. The number of benzene rings is 1. The van der Waals surface area contributed by atoms with Crippen molar-refractivity contribution in [3.8, 4) is 0 Å². The zero-order valence-corrected chi connectivity index (χ0v) is 9.95. The topological polar surface area (TPSA) is 22.0 Å². The smallest absolute Gasteiger partial charge is 0.344 e. The first kappa shape index (κ1) is 12.7. The highest BCUT2D eigenvalue weighted by Crippen LogP contribution is 2.30. The maximum Gasteiger partial charge on any atom is 0.454 e. The summed E-state index contributed by atoms with van der Waals surface area (Å²) < 4.78 is 39.2. The molecular weight excluding hydrogens is 243 g/mol. The lowest BCUT2D eigenvalue weighted by molar-refractivity contribution is -0.0884. The van der Waals surface area contributed by atoms with E-state index in [9.17, 15) is 18.0 Å². The molecule has 0 aliphatic heterocycles. The highest BCUT2D eigenvalue weighted by molar-refractivity contribution is 6.10. The summed E-state index contributed by atoms with van der Waals surface area (Å²) >= 11 is 0. The monoisotopic (exact) mass is 255 g/mol. The van der Waals surface area contributed by atoms with Gasteiger partial charge in [0.1, 0.15) is 0 Å². The molecule has 2 rings (SSSR count). The summed E-state index contributed by atoms with van der Waals surface area (Å²) in [6.07, 6.45) is -3.56. The average molecular weight is 255 g/mol. The van der Waals surface area contributed by atoms with E-state index in [1.54, 1.807) is 22.8 Å². The molecule has 0 atom stereocenters. The Bertz CT molecular complexity index is 596. The van der Waals surface area contributed by atoms with Gasteiger partial charge in [-0.05, 0) is 19.9 Å². The summed E-state index contributed by atoms with van der Waals surface area (Å²) in [5.41, 5.74) is 0.354. The van der Waals surface area contributed by atoms with Crippen LogP contribution in [-0.4, -0.2) is 16.5 Å². The zero-order chi connectivity index (χ0) is 13.5. The Morgan fingerprint density at radius 2 is 1.83 bits per heavy atom. The van der Waals surface area contributed by atoms with Crippen molar-refractivity contribution < 1.29 is 18.0 Å². The Hall–Kier alpha value is -1.78. The maximum atomic E-state index is 12.5. The Morgan fingerprint density at radius 3 is 2.39 bits per heavy atom. The molecule has 18 heavy (non-hydrogen) atoms. The number of carbonyl (C=O) groups excluding carboxylic acids is 1. The van der Waals surface area contributed by atoms with Gasteiger partial charge in [-0.15, -0.1) is 0 Å². The van der Waals surface area contributed by atoms with Crippen LogP contribution < -0.4 is 0 Å². The van der Waals surface area contributed by atoms with E-state index in [4.69, 9.17) is 0 Å². The third-order valence-electron chi connectivity index (χ3n) is 2.80. The second-order valence-corrected chi connectivity index (χ2v) is 4.39. The standard InChI is InChI=1S/C13H12F3NO/c1-8(2)17-7-10(12(18)13(14,15)16)9-5-3-4-6-11(9)17/h3-8H,1-2H3. The molecule has 0 N–H and O–H groups in total. The van der Waals surface area contributed by atoms with Gasteiger partial charge >= 0.3 is 6.18 Å². The number of aromatic nitrogens is 1. The van der Waals surface area contributed by atoms with Crippen LogP contribution in [0.4, 0.5) is 13.2 Å². The molecular formula is C13H12F3NO. The Labute approximate surface area is 102 Å². The molecule has 1 aromatic heterocycles. The first-order chi connectivity index (χ1) is 8.32. The fourth-order valence-electron chi connectivity index (χ4n) is 1.97. The van der Waals surface area contributed by atoms with Crippen molar-refractivity contribution in [2.45, 2.75) is 26.1 Å². The predicted octanol–water partition coefficient (Wildman–Crippen LogP) is 3.97. The normalized spacial score (nSPS) is 12.3. The number of nitrogens with zero attached hydrogens (tertiary/aromatic N) is 1. The van der Waals surface area contributed by atoms with Crippen LogP contribution in [0.1, 0.15) is 30.2 Å². The minimum absolute atomic E-state index is 0.00955. The van der Waals surface area contributed by atoms with Crippen LogP contribution in [0, 0.1) is 0 Å². The van der Waals surface area contributed by atoms with Crippen LogP contribution in [0.2, 0.25) is 0 Å². The van der Waals surface area contributed by atoms with Crippen molar-refractivity contribution in [1.82, 2.24) is 4.57 Å². The van der Waals surface area contributed by atoms with E-state index in [1.165, 1.54) is 12.3 Å². The lowest BCUT2D eigenvalue weighted by atomic mass is 10.1. The van der Waals surface area contributed by atoms with E-state index >= 15 is 0 Å². The number of fused-ring (bicyclic) bond motifs is 1. The zero-order valence-electron chi connectivity index (χ0n) is 9.95. The Balaban J connectivity index is 2.69. The number of carbonyl (C=O) groups is 1. The molecule has 0 saturated carbocycles. The molecule has 5 heteroatoms. The van der Waals surface area contributed by atoms with E-state index in [-0.39, 0.29) is 11.6 Å². The van der Waals surface area contributed by atoms with Crippen LogP contribution in [-0.2, 0) is 0 Å². The Kier molecular flexibility index (Phi) is 2.92. The summed E-state index contributed by atoms with van der Waals surface area (Å²) in [6, 6.07) is 6.60. The number of Topliss-reactive ketones (excluding diaryl/α,β-unsaturated/α-hetero) is 1. The second-order valence-electron chi connectivity index (χ2n) is 4.39. The number of ketones is 1. The number of hydrogen-bond acceptors (Lipinski definition) is 1. The quantitative estimate of drug-likeness (QED) is 0.744. The largest absolute Gasteiger partial charge is 0.454 e. The average Bonchev–Trinajstić information content (AvgIpc) is 2.66. The molecule has 2 aromatic rings. The molecule has 0 unspecified atom stereocenters. The molecule has 0 spiro atoms. The highest BCUT2D eigenvalue weighted by atomic mass is 19.4. The van der Waals surface area contributed by atoms with Gasteiger partial charge in [0.05, 0.1) is 5.56 Å². The molecule has 0 amide bonds. The first-order valence-electron chi connectivity index (χ1n) is 5.53. The lowest BCUT2D eigenvalue weighted by Crippen LogP contribution is -2.22. The van der Waals surface area contributed by atoms with Crippen molar-refractivity contribution in [3.63, 3.8) is 0 Å².